The summed E-state index contributed by atoms with van der Waals surface area (Å²) in [6.45, 7) is 0.620. The third kappa shape index (κ3) is 2.60. The third-order valence-corrected chi connectivity index (χ3v) is 3.05. The minimum Gasteiger partial charge on any atom is -0.493 e. The van der Waals surface area contributed by atoms with Gasteiger partial charge in [-0.2, -0.15) is 0 Å². The van der Waals surface area contributed by atoms with Crippen molar-refractivity contribution in [1.82, 2.24) is 0 Å². The van der Waals surface area contributed by atoms with Gasteiger partial charge in [-0.05, 0) is 30.9 Å². The maximum absolute atomic E-state index is 9.15. The Balaban J connectivity index is 1.93. The van der Waals surface area contributed by atoms with Crippen molar-refractivity contribution >= 4 is 11.6 Å². The van der Waals surface area contributed by atoms with E-state index in [1.165, 1.54) is 0 Å². The number of halogens is 1. The van der Waals surface area contributed by atoms with E-state index in [-0.39, 0.29) is 6.10 Å². The van der Waals surface area contributed by atoms with Crippen LogP contribution in [0.2, 0.25) is 5.02 Å². The van der Waals surface area contributed by atoms with E-state index in [2.05, 4.69) is 0 Å². The molecule has 0 heterocycles. The third-order valence-electron chi connectivity index (χ3n) is 2.81. The predicted octanol–water partition coefficient (Wildman–Crippen LogP) is 2.50. The fraction of sp³-hybridized carbons (Fsp3) is 0.500. The average molecular weight is 243 g/mol. The van der Waals surface area contributed by atoms with Gasteiger partial charge in [-0.3, -0.25) is 0 Å². The van der Waals surface area contributed by atoms with E-state index in [4.69, 9.17) is 26.2 Å². The lowest BCUT2D eigenvalue weighted by Gasteiger charge is -2.31. The monoisotopic (exact) mass is 242 g/mol. The van der Waals surface area contributed by atoms with Crippen LogP contribution in [0.3, 0.4) is 0 Å². The summed E-state index contributed by atoms with van der Waals surface area (Å²) in [6.07, 6.45) is 1.52. The van der Waals surface area contributed by atoms with Gasteiger partial charge in [-0.1, -0.05) is 11.6 Å². The Morgan fingerprint density at radius 1 is 1.38 bits per heavy atom. The lowest BCUT2D eigenvalue weighted by Crippen LogP contribution is -2.32. The first kappa shape index (κ1) is 11.6. The lowest BCUT2D eigenvalue weighted by atomic mass is 9.83. The molecule has 0 bridgehead atoms. The highest BCUT2D eigenvalue weighted by Crippen LogP contribution is 2.32. The Kier molecular flexibility index (Phi) is 3.56. The molecule has 1 fully saturated rings. The molecule has 1 aromatic rings. The van der Waals surface area contributed by atoms with Crippen LogP contribution in [0.1, 0.15) is 12.8 Å². The van der Waals surface area contributed by atoms with Gasteiger partial charge in [0.2, 0.25) is 0 Å². The van der Waals surface area contributed by atoms with Gasteiger partial charge >= 0.3 is 0 Å². The Hall–Kier alpha value is -0.930. The first-order valence-corrected chi connectivity index (χ1v) is 5.71. The molecule has 2 rings (SSSR count). The molecule has 0 radical (unpaired) electrons. The summed E-state index contributed by atoms with van der Waals surface area (Å²) < 4.78 is 10.8. The number of hydrogen-bond donors (Lipinski definition) is 1. The van der Waals surface area contributed by atoms with Gasteiger partial charge in [0.05, 0.1) is 19.8 Å². The second-order valence-electron chi connectivity index (χ2n) is 4.10. The summed E-state index contributed by atoms with van der Waals surface area (Å²) in [5.41, 5.74) is 0. The second kappa shape index (κ2) is 4.93. The van der Waals surface area contributed by atoms with Crippen molar-refractivity contribution in [2.75, 3.05) is 13.7 Å². The Morgan fingerprint density at radius 3 is 2.75 bits per heavy atom. The zero-order valence-electron chi connectivity index (χ0n) is 9.15. The van der Waals surface area contributed by atoms with Crippen molar-refractivity contribution in [1.29, 1.82) is 0 Å². The van der Waals surface area contributed by atoms with Crippen LogP contribution in [0.5, 0.6) is 11.5 Å². The number of hydrogen-bond acceptors (Lipinski definition) is 3. The molecular formula is C12H15ClO3. The Labute approximate surface area is 99.9 Å². The van der Waals surface area contributed by atoms with Gasteiger partial charge in [-0.15, -0.1) is 0 Å². The van der Waals surface area contributed by atoms with Crippen molar-refractivity contribution in [3.05, 3.63) is 23.2 Å². The molecule has 1 aliphatic carbocycles. The molecule has 0 amide bonds. The fourth-order valence-electron chi connectivity index (χ4n) is 1.80. The summed E-state index contributed by atoms with van der Waals surface area (Å²) in [5.74, 6) is 1.80. The fourth-order valence-corrected chi connectivity index (χ4v) is 1.97. The van der Waals surface area contributed by atoms with Gasteiger partial charge in [0.15, 0.2) is 11.5 Å². The first-order chi connectivity index (χ1) is 7.69. The SMILES string of the molecule is COc1cc(Cl)ccc1OCC1CC(O)C1. The van der Waals surface area contributed by atoms with Gasteiger partial charge in [-0.25, -0.2) is 0 Å². The van der Waals surface area contributed by atoms with Crippen molar-refractivity contribution in [3.8, 4) is 11.5 Å². The molecule has 0 unspecified atom stereocenters. The largest absolute Gasteiger partial charge is 0.493 e. The minimum atomic E-state index is -0.138. The maximum atomic E-state index is 9.15. The highest BCUT2D eigenvalue weighted by atomic mass is 35.5. The van der Waals surface area contributed by atoms with E-state index in [0.717, 1.165) is 12.8 Å². The van der Waals surface area contributed by atoms with E-state index in [1.54, 1.807) is 25.3 Å². The van der Waals surface area contributed by atoms with Crippen LogP contribution < -0.4 is 9.47 Å². The second-order valence-corrected chi connectivity index (χ2v) is 4.53. The molecule has 1 N–H and O–H groups in total. The maximum Gasteiger partial charge on any atom is 0.162 e. The van der Waals surface area contributed by atoms with Crippen molar-refractivity contribution < 1.29 is 14.6 Å². The Morgan fingerprint density at radius 2 is 2.12 bits per heavy atom. The smallest absolute Gasteiger partial charge is 0.162 e. The van der Waals surface area contributed by atoms with E-state index in [1.807, 2.05) is 0 Å². The molecular weight excluding hydrogens is 228 g/mol. The normalized spacial score (nSPS) is 23.7. The van der Waals surface area contributed by atoms with E-state index < -0.39 is 0 Å². The number of aliphatic hydroxyl groups excluding tert-OH is 1. The van der Waals surface area contributed by atoms with Crippen LogP contribution in [-0.4, -0.2) is 24.9 Å². The highest BCUT2D eigenvalue weighted by molar-refractivity contribution is 6.30. The van der Waals surface area contributed by atoms with Gasteiger partial charge in [0.1, 0.15) is 0 Å². The number of aliphatic hydroxyl groups is 1. The highest BCUT2D eigenvalue weighted by Gasteiger charge is 2.27. The molecule has 1 aromatic carbocycles. The summed E-state index contributed by atoms with van der Waals surface area (Å²) in [4.78, 5) is 0. The first-order valence-electron chi connectivity index (χ1n) is 5.33. The summed E-state index contributed by atoms with van der Waals surface area (Å²) in [5, 5.41) is 9.78. The molecule has 1 aliphatic rings. The lowest BCUT2D eigenvalue weighted by molar-refractivity contribution is 0.0199. The molecule has 88 valence electrons. The molecule has 1 saturated carbocycles. The van der Waals surface area contributed by atoms with Crippen LogP contribution in [0, 0.1) is 5.92 Å². The average Bonchev–Trinajstić information content (AvgIpc) is 2.24. The van der Waals surface area contributed by atoms with Gasteiger partial charge < -0.3 is 14.6 Å². The number of rotatable bonds is 4. The van der Waals surface area contributed by atoms with Crippen LogP contribution in [0.25, 0.3) is 0 Å². The van der Waals surface area contributed by atoms with E-state index in [0.29, 0.717) is 29.0 Å². The molecule has 0 aromatic heterocycles. The van der Waals surface area contributed by atoms with Gasteiger partial charge in [0.25, 0.3) is 0 Å². The van der Waals surface area contributed by atoms with Crippen molar-refractivity contribution in [2.45, 2.75) is 18.9 Å². The summed E-state index contributed by atoms with van der Waals surface area (Å²) in [6, 6.07) is 5.30. The summed E-state index contributed by atoms with van der Waals surface area (Å²) >= 11 is 5.85. The zero-order chi connectivity index (χ0) is 11.5. The van der Waals surface area contributed by atoms with Crippen molar-refractivity contribution in [2.24, 2.45) is 5.92 Å². The molecule has 3 nitrogen and oxygen atoms in total. The minimum absolute atomic E-state index is 0.138. The standard InChI is InChI=1S/C12H15ClO3/c1-15-12-6-9(13)2-3-11(12)16-7-8-4-10(14)5-8/h2-3,6,8,10,14H,4-5,7H2,1H3. The summed E-state index contributed by atoms with van der Waals surface area (Å²) in [7, 11) is 1.59. The topological polar surface area (TPSA) is 38.7 Å². The molecule has 4 heteroatoms. The number of methoxy groups -OCH3 is 1. The quantitative estimate of drug-likeness (QED) is 0.882. The number of benzene rings is 1. The van der Waals surface area contributed by atoms with Gasteiger partial charge in [0, 0.05) is 11.1 Å². The van der Waals surface area contributed by atoms with Crippen LogP contribution >= 0.6 is 11.6 Å². The van der Waals surface area contributed by atoms with E-state index >= 15 is 0 Å². The zero-order valence-corrected chi connectivity index (χ0v) is 9.91. The van der Waals surface area contributed by atoms with E-state index in [9.17, 15) is 0 Å². The molecule has 16 heavy (non-hydrogen) atoms. The molecule has 0 aliphatic heterocycles. The Bertz CT molecular complexity index is 361. The molecule has 0 saturated heterocycles. The molecule has 0 atom stereocenters. The molecule has 0 spiro atoms. The predicted molar refractivity (Wildman–Crippen MR) is 62.2 cm³/mol. The van der Waals surface area contributed by atoms with Crippen molar-refractivity contribution in [3.63, 3.8) is 0 Å². The van der Waals surface area contributed by atoms with Crippen LogP contribution in [0.15, 0.2) is 18.2 Å². The van der Waals surface area contributed by atoms with Crippen LogP contribution in [-0.2, 0) is 0 Å². The van der Waals surface area contributed by atoms with Crippen LogP contribution in [0.4, 0.5) is 0 Å². The number of ether oxygens (including phenoxy) is 2.